The summed E-state index contributed by atoms with van der Waals surface area (Å²) >= 11 is 0. The first-order chi connectivity index (χ1) is 25.3. The molecule has 30 heteroatoms. The molecular formula is C24H32N9O18P3. The van der Waals surface area contributed by atoms with Gasteiger partial charge in [-0.3, -0.25) is 18.2 Å². The average Bonchev–Trinajstić information content (AvgIpc) is 3.74. The number of anilines is 1. The third-order valence-electron chi connectivity index (χ3n) is 7.84. The maximum atomic E-state index is 12.6. The number of nitrogens with two attached hydrogens (primary N) is 1. The highest BCUT2D eigenvalue weighted by atomic mass is 31.3. The first kappa shape index (κ1) is 41.6. The number of carboxylic acids is 1. The number of hydrogen-bond acceptors (Lipinski definition) is 19. The van der Waals surface area contributed by atoms with Crippen LogP contribution < -0.4 is 15.2 Å². The van der Waals surface area contributed by atoms with Gasteiger partial charge in [0.15, 0.2) is 36.2 Å². The number of carbonyl (C=O) groups is 1. The zero-order chi connectivity index (χ0) is 39.6. The van der Waals surface area contributed by atoms with Crippen molar-refractivity contribution in [1.29, 1.82) is 0 Å². The van der Waals surface area contributed by atoms with E-state index in [-0.39, 0.29) is 35.5 Å². The minimum Gasteiger partial charge on any atom is -0.756 e. The SMILES string of the molecule is [N-]=[N+]=NCCCc1cc(C(=O)O)c[n+]([C@H]2O[C@@H](COP(=O)(O)OP(=O)([O-])OC[C@H]3O[C@@H](n4cnc5c(N)ncnc54)[C@H](OP(=O)(O)O)[C@@H]3O)[C@H](O)[C@@H]2O)c1. The van der Waals surface area contributed by atoms with Gasteiger partial charge in [0.1, 0.15) is 47.9 Å². The lowest BCUT2D eigenvalue weighted by molar-refractivity contribution is -0.766. The minimum atomic E-state index is -5.83. The number of phosphoric acid groups is 3. The second kappa shape index (κ2) is 16.7. The van der Waals surface area contributed by atoms with Crippen LogP contribution in [0.1, 0.15) is 34.8 Å². The second-order valence-corrected chi connectivity index (χ2v) is 15.8. The van der Waals surface area contributed by atoms with Crippen LogP contribution in [0.15, 0.2) is 36.2 Å². The number of azide groups is 1. The summed E-state index contributed by atoms with van der Waals surface area (Å²) in [4.78, 5) is 67.6. The molecule has 2 unspecified atom stereocenters. The molecule has 10 atom stereocenters. The van der Waals surface area contributed by atoms with Gasteiger partial charge >= 0.3 is 21.6 Å². The Bertz CT molecular complexity index is 2050. The number of aliphatic hydroxyl groups excluding tert-OH is 3. The molecule has 5 heterocycles. The summed E-state index contributed by atoms with van der Waals surface area (Å²) in [5, 5.41) is 44.9. The monoisotopic (exact) mass is 827 g/mol. The van der Waals surface area contributed by atoms with Crippen molar-refractivity contribution in [3.8, 4) is 0 Å². The average molecular weight is 827 g/mol. The van der Waals surface area contributed by atoms with Crippen LogP contribution in [-0.2, 0) is 47.5 Å². The maximum Gasteiger partial charge on any atom is 0.478 e. The molecule has 9 N–H and O–H groups in total. The van der Waals surface area contributed by atoms with Gasteiger partial charge in [0, 0.05) is 17.0 Å². The number of aromatic carboxylic acids is 1. The molecule has 5 rings (SSSR count). The van der Waals surface area contributed by atoms with E-state index in [2.05, 4.69) is 42.9 Å². The standard InChI is InChI=1S/C24H32N9O18P3/c25-20-15-21(28-9-27-20)33(10-29-15)23-19(50-52(39,40)41)17(35)14(49-23)8-47-54(44,45)51-53(42,43)46-7-13-16(34)18(36)22(48-13)32-5-11(2-1-3-30-31-26)4-12(6-32)24(37)38/h4-6,9-10,13-14,16-19,22-23,34-36H,1-3,7-8H2,(H6-,25,27,28,37,38,39,40,41,42,43,44,45)/t13-,14+,16-,17+,18-,19+,22-,23+/m0/s1. The van der Waals surface area contributed by atoms with Gasteiger partial charge in [-0.2, -0.15) is 4.57 Å². The fraction of sp³-hybridized carbons (Fsp3) is 0.542. The first-order valence-electron chi connectivity index (χ1n) is 15.2. The van der Waals surface area contributed by atoms with Gasteiger partial charge in [-0.25, -0.2) is 33.2 Å². The summed E-state index contributed by atoms with van der Waals surface area (Å²) in [6.07, 6.45) is -8.67. The van der Waals surface area contributed by atoms with Crippen molar-refractivity contribution in [1.82, 2.24) is 19.5 Å². The number of aliphatic hydroxyl groups is 3. The molecule has 2 fully saturated rings. The third-order valence-corrected chi connectivity index (χ3v) is 10.9. The summed E-state index contributed by atoms with van der Waals surface area (Å²) in [5.41, 5.74) is 14.4. The molecule has 2 aliphatic rings. The molecular weight excluding hydrogens is 795 g/mol. The van der Waals surface area contributed by atoms with E-state index in [1.165, 1.54) is 12.3 Å². The Morgan fingerprint density at radius 2 is 1.76 bits per heavy atom. The highest BCUT2D eigenvalue weighted by Crippen LogP contribution is 2.58. The van der Waals surface area contributed by atoms with Gasteiger partial charge in [-0.05, 0) is 24.4 Å². The van der Waals surface area contributed by atoms with Crippen molar-refractivity contribution >= 4 is 46.4 Å². The highest BCUT2D eigenvalue weighted by molar-refractivity contribution is 7.60. The summed E-state index contributed by atoms with van der Waals surface area (Å²) in [7, 11) is -16.8. The fourth-order valence-electron chi connectivity index (χ4n) is 5.49. The number of rotatable bonds is 17. The number of nitrogen functional groups attached to an aromatic ring is 1. The molecule has 0 aliphatic carbocycles. The number of ether oxygens (including phenoxy) is 2. The number of fused-ring (bicyclic) bond motifs is 1. The topological polar surface area (TPSA) is 411 Å². The normalized spacial score (nSPS) is 28.1. The smallest absolute Gasteiger partial charge is 0.478 e. The molecule has 2 aliphatic heterocycles. The van der Waals surface area contributed by atoms with Crippen LogP contribution in [-0.4, -0.2) is 117 Å². The van der Waals surface area contributed by atoms with Crippen molar-refractivity contribution in [2.45, 2.75) is 61.9 Å². The summed E-state index contributed by atoms with van der Waals surface area (Å²) < 4.78 is 68.3. The molecule has 0 amide bonds. The van der Waals surface area contributed by atoms with Crippen LogP contribution >= 0.6 is 23.5 Å². The van der Waals surface area contributed by atoms with E-state index in [0.29, 0.717) is 12.0 Å². The van der Waals surface area contributed by atoms with E-state index in [9.17, 15) is 58.5 Å². The number of aryl methyl sites for hydroxylation is 1. The molecule has 54 heavy (non-hydrogen) atoms. The number of imidazole rings is 1. The Hall–Kier alpha value is -3.55. The Morgan fingerprint density at radius 1 is 1.06 bits per heavy atom. The van der Waals surface area contributed by atoms with Gasteiger partial charge in [-0.15, -0.1) is 0 Å². The predicted octanol–water partition coefficient (Wildman–Crippen LogP) is -1.69. The van der Waals surface area contributed by atoms with Gasteiger partial charge in [0.25, 0.3) is 14.1 Å². The molecule has 27 nitrogen and oxygen atoms in total. The Balaban J connectivity index is 1.21. The predicted molar refractivity (Wildman–Crippen MR) is 169 cm³/mol. The zero-order valence-corrected chi connectivity index (χ0v) is 29.8. The van der Waals surface area contributed by atoms with Gasteiger partial charge < -0.3 is 59.7 Å². The number of hydrogen-bond donors (Lipinski definition) is 8. The number of pyridine rings is 1. The molecule has 0 saturated carbocycles. The Morgan fingerprint density at radius 3 is 2.44 bits per heavy atom. The van der Waals surface area contributed by atoms with Crippen LogP contribution in [0.2, 0.25) is 0 Å². The number of carboxylic acid groups (broad SMARTS) is 1. The molecule has 0 radical (unpaired) electrons. The molecule has 0 spiro atoms. The number of nitrogens with zero attached hydrogens (tertiary/aromatic N) is 8. The van der Waals surface area contributed by atoms with Crippen LogP contribution in [0.3, 0.4) is 0 Å². The third kappa shape index (κ3) is 10.00. The summed E-state index contributed by atoms with van der Waals surface area (Å²) in [6.45, 7) is -2.11. The van der Waals surface area contributed by atoms with Crippen molar-refractivity contribution < 1.29 is 90.4 Å². The van der Waals surface area contributed by atoms with Crippen LogP contribution in [0.25, 0.3) is 21.6 Å². The Labute approximate surface area is 301 Å². The van der Waals surface area contributed by atoms with E-state index in [1.807, 2.05) is 0 Å². The van der Waals surface area contributed by atoms with Crippen LogP contribution in [0.5, 0.6) is 0 Å². The zero-order valence-electron chi connectivity index (χ0n) is 27.2. The van der Waals surface area contributed by atoms with E-state index < -0.39 is 91.7 Å². The van der Waals surface area contributed by atoms with Crippen molar-refractivity contribution in [3.63, 3.8) is 0 Å². The van der Waals surface area contributed by atoms with E-state index >= 15 is 0 Å². The molecule has 3 aromatic heterocycles. The molecule has 3 aromatic rings. The van der Waals surface area contributed by atoms with Crippen molar-refractivity contribution in [2.75, 3.05) is 25.5 Å². The van der Waals surface area contributed by atoms with E-state index in [0.717, 1.165) is 28.0 Å². The largest absolute Gasteiger partial charge is 0.756 e. The summed E-state index contributed by atoms with van der Waals surface area (Å²) in [5.74, 6) is -1.42. The molecule has 0 bridgehead atoms. The molecule has 0 aromatic carbocycles. The summed E-state index contributed by atoms with van der Waals surface area (Å²) in [6, 6.07) is 1.33. The van der Waals surface area contributed by atoms with Crippen LogP contribution in [0.4, 0.5) is 5.82 Å². The van der Waals surface area contributed by atoms with Crippen LogP contribution in [0, 0.1) is 0 Å². The number of phosphoric ester groups is 3. The maximum absolute atomic E-state index is 12.6. The van der Waals surface area contributed by atoms with Gasteiger partial charge in [0.05, 0.1) is 19.5 Å². The second-order valence-electron chi connectivity index (χ2n) is 11.6. The minimum absolute atomic E-state index is 0.0250. The lowest BCUT2D eigenvalue weighted by Crippen LogP contribution is -2.46. The van der Waals surface area contributed by atoms with E-state index in [1.54, 1.807) is 0 Å². The number of aromatic nitrogens is 5. The molecule has 2 saturated heterocycles. The van der Waals surface area contributed by atoms with Gasteiger partial charge in [0.2, 0.25) is 0 Å². The van der Waals surface area contributed by atoms with Gasteiger partial charge in [-0.1, -0.05) is 5.11 Å². The lowest BCUT2D eigenvalue weighted by atomic mass is 10.1. The van der Waals surface area contributed by atoms with Crippen molar-refractivity contribution in [3.05, 3.63) is 52.7 Å². The first-order valence-corrected chi connectivity index (χ1v) is 19.7. The molecule has 296 valence electrons. The highest BCUT2D eigenvalue weighted by Gasteiger charge is 2.51. The quantitative estimate of drug-likeness (QED) is 0.0188. The van der Waals surface area contributed by atoms with E-state index in [4.69, 9.17) is 20.7 Å². The lowest BCUT2D eigenvalue weighted by Gasteiger charge is -2.26. The van der Waals surface area contributed by atoms with Crippen molar-refractivity contribution in [2.24, 2.45) is 5.11 Å². The Kier molecular flexibility index (Phi) is 12.8. The fourth-order valence-corrected chi connectivity index (χ4v) is 8.09.